The zero-order chi connectivity index (χ0) is 23.1. The van der Waals surface area contributed by atoms with Crippen molar-refractivity contribution < 1.29 is 17.9 Å². The number of nitrogens with one attached hydrogen (secondary N) is 1. The molecule has 1 amide bonds. The Morgan fingerprint density at radius 1 is 0.969 bits per heavy atom. The maximum absolute atomic E-state index is 13.4. The Hall–Kier alpha value is -3.32. The predicted molar refractivity (Wildman–Crippen MR) is 126 cm³/mol. The standard InChI is InChI=1S/C25H28N2O4S/c1-4-20-10-14-22(15-11-20)27(32(29,30)24-8-6-5-7-9-24)18-25(28)26-19(2)21-12-16-23(31-3)17-13-21/h5-17,19H,4,18H2,1-3H3,(H,26,28)/t19-/m1/s1. The first-order chi connectivity index (χ1) is 15.3. The van der Waals surface area contributed by atoms with Gasteiger partial charge in [0.2, 0.25) is 5.91 Å². The molecule has 0 aromatic heterocycles. The lowest BCUT2D eigenvalue weighted by atomic mass is 10.1. The summed E-state index contributed by atoms with van der Waals surface area (Å²) in [5, 5.41) is 2.89. The van der Waals surface area contributed by atoms with Gasteiger partial charge in [0.15, 0.2) is 0 Å². The molecule has 7 heteroatoms. The minimum atomic E-state index is -3.92. The van der Waals surface area contributed by atoms with Gasteiger partial charge in [-0.15, -0.1) is 0 Å². The molecule has 3 aromatic carbocycles. The summed E-state index contributed by atoms with van der Waals surface area (Å²) in [6.07, 6.45) is 0.839. The molecule has 0 aliphatic heterocycles. The number of rotatable bonds is 9. The molecule has 0 aliphatic carbocycles. The average molecular weight is 453 g/mol. The maximum atomic E-state index is 13.4. The first-order valence-electron chi connectivity index (χ1n) is 10.4. The second-order valence-corrected chi connectivity index (χ2v) is 9.27. The molecule has 0 aliphatic rings. The highest BCUT2D eigenvalue weighted by Crippen LogP contribution is 2.24. The number of carbonyl (C=O) groups is 1. The van der Waals surface area contributed by atoms with Gasteiger partial charge in [-0.1, -0.05) is 49.4 Å². The summed E-state index contributed by atoms with van der Waals surface area (Å²) in [5.41, 5.74) is 2.42. The minimum Gasteiger partial charge on any atom is -0.497 e. The second-order valence-electron chi connectivity index (χ2n) is 7.41. The summed E-state index contributed by atoms with van der Waals surface area (Å²) in [5.74, 6) is 0.329. The molecule has 0 bridgehead atoms. The summed E-state index contributed by atoms with van der Waals surface area (Å²) in [4.78, 5) is 13.0. The zero-order valence-corrected chi connectivity index (χ0v) is 19.3. The third-order valence-electron chi connectivity index (χ3n) is 5.24. The number of benzene rings is 3. The number of nitrogens with zero attached hydrogens (tertiary/aromatic N) is 1. The van der Waals surface area contributed by atoms with Gasteiger partial charge < -0.3 is 10.1 Å². The number of amides is 1. The third-order valence-corrected chi connectivity index (χ3v) is 7.03. The largest absolute Gasteiger partial charge is 0.497 e. The van der Waals surface area contributed by atoms with E-state index in [1.54, 1.807) is 37.4 Å². The van der Waals surface area contributed by atoms with Gasteiger partial charge in [-0.25, -0.2) is 8.42 Å². The van der Waals surface area contributed by atoms with E-state index < -0.39 is 15.9 Å². The van der Waals surface area contributed by atoms with E-state index in [4.69, 9.17) is 4.74 Å². The number of aryl methyl sites for hydroxylation is 1. The SMILES string of the molecule is CCc1ccc(N(CC(=O)N[C@H](C)c2ccc(OC)cc2)S(=O)(=O)c2ccccc2)cc1. The van der Waals surface area contributed by atoms with Crippen molar-refractivity contribution in [1.82, 2.24) is 5.32 Å². The van der Waals surface area contributed by atoms with Gasteiger partial charge in [0.05, 0.1) is 23.7 Å². The summed E-state index contributed by atoms with van der Waals surface area (Å²) in [6.45, 7) is 3.55. The molecule has 0 saturated heterocycles. The highest BCUT2D eigenvalue weighted by molar-refractivity contribution is 7.92. The summed E-state index contributed by atoms with van der Waals surface area (Å²) >= 11 is 0. The Bertz CT molecular complexity index is 1130. The first kappa shape index (κ1) is 23.3. The molecule has 0 saturated carbocycles. The van der Waals surface area contributed by atoms with E-state index in [9.17, 15) is 13.2 Å². The fourth-order valence-electron chi connectivity index (χ4n) is 3.33. The van der Waals surface area contributed by atoms with Crippen LogP contribution in [0.1, 0.15) is 31.0 Å². The smallest absolute Gasteiger partial charge is 0.264 e. The Labute approximate surface area is 189 Å². The number of hydrogen-bond acceptors (Lipinski definition) is 4. The van der Waals surface area contributed by atoms with Crippen molar-refractivity contribution in [1.29, 1.82) is 0 Å². The summed E-state index contributed by atoms with van der Waals surface area (Å²) < 4.78 is 33.1. The highest BCUT2D eigenvalue weighted by atomic mass is 32.2. The van der Waals surface area contributed by atoms with Gasteiger partial charge >= 0.3 is 0 Å². The number of anilines is 1. The van der Waals surface area contributed by atoms with E-state index in [2.05, 4.69) is 5.32 Å². The zero-order valence-electron chi connectivity index (χ0n) is 18.5. The van der Waals surface area contributed by atoms with E-state index in [1.807, 2.05) is 50.2 Å². The topological polar surface area (TPSA) is 75.7 Å². The Balaban J connectivity index is 1.85. The highest BCUT2D eigenvalue weighted by Gasteiger charge is 2.27. The third kappa shape index (κ3) is 5.48. The first-order valence-corrected chi connectivity index (χ1v) is 11.9. The van der Waals surface area contributed by atoms with Gasteiger partial charge in [0, 0.05) is 0 Å². The van der Waals surface area contributed by atoms with E-state index in [0.717, 1.165) is 27.6 Å². The van der Waals surface area contributed by atoms with Gasteiger partial charge in [0.25, 0.3) is 10.0 Å². The molecule has 0 heterocycles. The molecule has 0 fully saturated rings. The number of sulfonamides is 1. The van der Waals surface area contributed by atoms with Gasteiger partial charge in [-0.05, 0) is 60.9 Å². The second kappa shape index (κ2) is 10.3. The monoisotopic (exact) mass is 452 g/mol. The van der Waals surface area contributed by atoms with Gasteiger partial charge in [-0.3, -0.25) is 9.10 Å². The van der Waals surface area contributed by atoms with E-state index in [0.29, 0.717) is 5.69 Å². The van der Waals surface area contributed by atoms with Crippen LogP contribution in [0, 0.1) is 0 Å². The normalized spacial score (nSPS) is 12.1. The Kier molecular flexibility index (Phi) is 7.53. The van der Waals surface area contributed by atoms with Gasteiger partial charge in [-0.2, -0.15) is 0 Å². The Morgan fingerprint density at radius 3 is 2.16 bits per heavy atom. The average Bonchev–Trinajstić information content (AvgIpc) is 2.83. The van der Waals surface area contributed by atoms with Crippen LogP contribution in [0.25, 0.3) is 0 Å². The van der Waals surface area contributed by atoms with Crippen LogP contribution in [-0.4, -0.2) is 28.0 Å². The molecule has 32 heavy (non-hydrogen) atoms. The predicted octanol–water partition coefficient (Wildman–Crippen LogP) is 4.33. The molecular weight excluding hydrogens is 424 g/mol. The van der Waals surface area contributed by atoms with Crippen LogP contribution in [0.3, 0.4) is 0 Å². The molecule has 168 valence electrons. The van der Waals surface area contributed by atoms with Crippen molar-refractivity contribution in [2.75, 3.05) is 18.0 Å². The van der Waals surface area contributed by atoms with E-state index in [-0.39, 0.29) is 17.5 Å². The van der Waals surface area contributed by atoms with Crippen LogP contribution in [0.5, 0.6) is 5.75 Å². The van der Waals surface area contributed by atoms with Crippen LogP contribution in [0.15, 0.2) is 83.8 Å². The Morgan fingerprint density at radius 2 is 1.59 bits per heavy atom. The maximum Gasteiger partial charge on any atom is 0.264 e. The summed E-state index contributed by atoms with van der Waals surface area (Å²) in [7, 11) is -2.33. The van der Waals surface area contributed by atoms with Crippen LogP contribution in [0.2, 0.25) is 0 Å². The fourth-order valence-corrected chi connectivity index (χ4v) is 4.77. The number of carbonyl (C=O) groups excluding carboxylic acids is 1. The lowest BCUT2D eigenvalue weighted by Gasteiger charge is -2.25. The number of ether oxygens (including phenoxy) is 1. The quantitative estimate of drug-likeness (QED) is 0.524. The molecule has 0 unspecified atom stereocenters. The van der Waals surface area contributed by atoms with E-state index in [1.165, 1.54) is 12.1 Å². The molecule has 1 atom stereocenters. The molecule has 6 nitrogen and oxygen atoms in total. The molecule has 3 aromatic rings. The molecular formula is C25H28N2O4S. The molecule has 0 spiro atoms. The lowest BCUT2D eigenvalue weighted by molar-refractivity contribution is -0.120. The van der Waals surface area contributed by atoms with Crippen molar-refractivity contribution in [3.05, 3.63) is 90.0 Å². The molecule has 3 rings (SSSR count). The van der Waals surface area contributed by atoms with Crippen LogP contribution >= 0.6 is 0 Å². The van der Waals surface area contributed by atoms with Crippen LogP contribution < -0.4 is 14.4 Å². The number of methoxy groups -OCH3 is 1. The van der Waals surface area contributed by atoms with Crippen LogP contribution in [-0.2, 0) is 21.2 Å². The van der Waals surface area contributed by atoms with E-state index >= 15 is 0 Å². The molecule has 1 N–H and O–H groups in total. The van der Waals surface area contributed by atoms with Crippen LogP contribution in [0.4, 0.5) is 5.69 Å². The fraction of sp³-hybridized carbons (Fsp3) is 0.240. The van der Waals surface area contributed by atoms with Crippen molar-refractivity contribution in [3.63, 3.8) is 0 Å². The molecule has 0 radical (unpaired) electrons. The van der Waals surface area contributed by atoms with Gasteiger partial charge in [0.1, 0.15) is 12.3 Å². The van der Waals surface area contributed by atoms with Crippen molar-refractivity contribution in [2.24, 2.45) is 0 Å². The van der Waals surface area contributed by atoms with Crippen molar-refractivity contribution in [2.45, 2.75) is 31.2 Å². The van der Waals surface area contributed by atoms with Crippen molar-refractivity contribution in [3.8, 4) is 5.75 Å². The summed E-state index contributed by atoms with van der Waals surface area (Å²) in [6, 6.07) is 22.4. The number of hydrogen-bond donors (Lipinski definition) is 1. The lowest BCUT2D eigenvalue weighted by Crippen LogP contribution is -2.41. The van der Waals surface area contributed by atoms with Crippen molar-refractivity contribution >= 4 is 21.6 Å². The minimum absolute atomic E-state index is 0.135.